The summed E-state index contributed by atoms with van der Waals surface area (Å²) in [5.74, 6) is 0.336. The Kier molecular flexibility index (Phi) is 4.94. The smallest absolute Gasteiger partial charge is 0.239 e. The average molecular weight is 285 g/mol. The van der Waals surface area contributed by atoms with Gasteiger partial charge in [0.15, 0.2) is 5.82 Å². The average Bonchev–Trinajstić information content (AvgIpc) is 2.37. The molecule has 0 aliphatic heterocycles. The highest BCUT2D eigenvalue weighted by atomic mass is 16.2. The van der Waals surface area contributed by atoms with Crippen molar-refractivity contribution in [3.8, 4) is 0 Å². The molecular weight excluding hydrogens is 266 g/mol. The summed E-state index contributed by atoms with van der Waals surface area (Å²) in [6.45, 7) is 4.90. The number of carbonyl (C=O) groups is 1. The number of likely N-dealkylation sites (N-methyl/N-ethyl adjacent to an activating group) is 1. The van der Waals surface area contributed by atoms with Crippen molar-refractivity contribution in [3.05, 3.63) is 47.7 Å². The van der Waals surface area contributed by atoms with Crippen molar-refractivity contribution < 1.29 is 4.79 Å². The van der Waals surface area contributed by atoms with E-state index in [0.29, 0.717) is 12.4 Å². The van der Waals surface area contributed by atoms with E-state index in [-0.39, 0.29) is 12.5 Å². The highest BCUT2D eigenvalue weighted by Crippen LogP contribution is 2.06. The summed E-state index contributed by atoms with van der Waals surface area (Å²) in [6, 6.07) is 4.06. The molecule has 2 aromatic rings. The van der Waals surface area contributed by atoms with Gasteiger partial charge in [0, 0.05) is 24.6 Å². The topological polar surface area (TPSA) is 71.0 Å². The monoisotopic (exact) mass is 285 g/mol. The number of carbonyl (C=O) groups excluding carboxylic acids is 1. The number of pyridine rings is 1. The van der Waals surface area contributed by atoms with Crippen LogP contribution in [-0.4, -0.2) is 39.4 Å². The van der Waals surface area contributed by atoms with Crippen LogP contribution in [0.2, 0.25) is 0 Å². The molecule has 6 heteroatoms. The van der Waals surface area contributed by atoms with Crippen molar-refractivity contribution >= 4 is 11.7 Å². The maximum absolute atomic E-state index is 11.9. The summed E-state index contributed by atoms with van der Waals surface area (Å²) in [6.07, 6.45) is 4.62. The zero-order chi connectivity index (χ0) is 15.2. The largest absolute Gasteiger partial charge is 0.308 e. The molecule has 2 heterocycles. The van der Waals surface area contributed by atoms with Gasteiger partial charge in [-0.05, 0) is 38.6 Å². The number of nitrogens with one attached hydrogen (secondary N) is 1. The molecule has 0 spiro atoms. The molecule has 2 aromatic heterocycles. The van der Waals surface area contributed by atoms with E-state index in [0.717, 1.165) is 11.4 Å². The Hall–Kier alpha value is -2.34. The first kappa shape index (κ1) is 15.1. The first-order chi connectivity index (χ1) is 10.0. The molecule has 0 fully saturated rings. The molecule has 0 aliphatic carbocycles. The van der Waals surface area contributed by atoms with Crippen LogP contribution in [0.3, 0.4) is 0 Å². The summed E-state index contributed by atoms with van der Waals surface area (Å²) < 4.78 is 0. The molecule has 1 N–H and O–H groups in total. The normalized spacial score (nSPS) is 10.7. The molecule has 0 aliphatic rings. The first-order valence-electron chi connectivity index (χ1n) is 6.71. The van der Waals surface area contributed by atoms with E-state index in [1.807, 2.05) is 37.9 Å². The molecule has 6 nitrogen and oxygen atoms in total. The van der Waals surface area contributed by atoms with Crippen molar-refractivity contribution in [1.82, 2.24) is 19.9 Å². The van der Waals surface area contributed by atoms with Crippen LogP contribution in [0.1, 0.15) is 17.0 Å². The van der Waals surface area contributed by atoms with Crippen molar-refractivity contribution in [2.24, 2.45) is 0 Å². The Balaban J connectivity index is 1.89. The summed E-state index contributed by atoms with van der Waals surface area (Å²) in [5, 5.41) is 2.71. The predicted molar refractivity (Wildman–Crippen MR) is 80.7 cm³/mol. The van der Waals surface area contributed by atoms with Gasteiger partial charge in [0.1, 0.15) is 0 Å². The lowest BCUT2D eigenvalue weighted by Crippen LogP contribution is -2.30. The third kappa shape index (κ3) is 4.92. The van der Waals surface area contributed by atoms with Crippen molar-refractivity contribution in [2.75, 3.05) is 18.9 Å². The number of aryl methyl sites for hydroxylation is 2. The molecule has 2 rings (SSSR count). The Morgan fingerprint density at radius 2 is 2.10 bits per heavy atom. The Morgan fingerprint density at radius 1 is 1.29 bits per heavy atom. The quantitative estimate of drug-likeness (QED) is 0.902. The highest BCUT2D eigenvalue weighted by molar-refractivity contribution is 5.91. The predicted octanol–water partition coefficient (Wildman–Crippen LogP) is 1.56. The van der Waals surface area contributed by atoms with Crippen LogP contribution in [-0.2, 0) is 11.3 Å². The lowest BCUT2D eigenvalue weighted by atomic mass is 10.2. The second-order valence-corrected chi connectivity index (χ2v) is 5.09. The fourth-order valence-electron chi connectivity index (χ4n) is 2.13. The third-order valence-electron chi connectivity index (χ3n) is 2.83. The van der Waals surface area contributed by atoms with E-state index in [4.69, 9.17) is 0 Å². The fourth-order valence-corrected chi connectivity index (χ4v) is 2.13. The summed E-state index contributed by atoms with van der Waals surface area (Å²) >= 11 is 0. The zero-order valence-electron chi connectivity index (χ0n) is 12.5. The highest BCUT2D eigenvalue weighted by Gasteiger charge is 2.09. The molecule has 0 unspecified atom stereocenters. The minimum Gasteiger partial charge on any atom is -0.308 e. The standard InChI is InChI=1S/C15H19N5O/c1-11-6-12(2)18-13(7-11)9-20(3)10-15(21)19-14-8-16-4-5-17-14/h4-8H,9-10H2,1-3H3,(H,17,19,21). The minimum absolute atomic E-state index is 0.123. The van der Waals surface area contributed by atoms with Crippen LogP contribution in [0.15, 0.2) is 30.7 Å². The fraction of sp³-hybridized carbons (Fsp3) is 0.333. The van der Waals surface area contributed by atoms with Crippen LogP contribution in [0.5, 0.6) is 0 Å². The van der Waals surface area contributed by atoms with Crippen LogP contribution in [0.4, 0.5) is 5.82 Å². The Morgan fingerprint density at radius 3 is 2.76 bits per heavy atom. The number of amides is 1. The molecule has 0 saturated carbocycles. The summed E-state index contributed by atoms with van der Waals surface area (Å²) in [4.78, 5) is 26.2. The first-order valence-corrected chi connectivity index (χ1v) is 6.71. The molecule has 0 atom stereocenters. The van der Waals surface area contributed by atoms with Gasteiger partial charge in [0.2, 0.25) is 5.91 Å². The molecule has 0 aromatic carbocycles. The molecule has 110 valence electrons. The molecule has 21 heavy (non-hydrogen) atoms. The SMILES string of the molecule is Cc1cc(C)nc(CN(C)CC(=O)Nc2cnccn2)c1. The number of aromatic nitrogens is 3. The molecule has 1 amide bonds. The van der Waals surface area contributed by atoms with E-state index >= 15 is 0 Å². The van der Waals surface area contributed by atoms with E-state index in [1.165, 1.54) is 11.8 Å². The van der Waals surface area contributed by atoms with Gasteiger partial charge in [-0.3, -0.25) is 19.7 Å². The zero-order valence-corrected chi connectivity index (χ0v) is 12.5. The van der Waals surface area contributed by atoms with Crippen molar-refractivity contribution in [3.63, 3.8) is 0 Å². The maximum atomic E-state index is 11.9. The van der Waals surface area contributed by atoms with Gasteiger partial charge in [0.25, 0.3) is 0 Å². The second kappa shape index (κ2) is 6.90. The number of hydrogen-bond donors (Lipinski definition) is 1. The third-order valence-corrected chi connectivity index (χ3v) is 2.83. The molecule has 0 bridgehead atoms. The second-order valence-electron chi connectivity index (χ2n) is 5.09. The van der Waals surface area contributed by atoms with E-state index < -0.39 is 0 Å². The summed E-state index contributed by atoms with van der Waals surface area (Å²) in [7, 11) is 1.88. The van der Waals surface area contributed by atoms with E-state index in [1.54, 1.807) is 12.4 Å². The van der Waals surface area contributed by atoms with Crippen LogP contribution in [0, 0.1) is 13.8 Å². The van der Waals surface area contributed by atoms with Gasteiger partial charge in [0.05, 0.1) is 18.4 Å². The van der Waals surface area contributed by atoms with Crippen molar-refractivity contribution in [2.45, 2.75) is 20.4 Å². The molecule has 0 radical (unpaired) electrons. The Bertz CT molecular complexity index is 594. The van der Waals surface area contributed by atoms with Gasteiger partial charge >= 0.3 is 0 Å². The summed E-state index contributed by atoms with van der Waals surface area (Å²) in [5.41, 5.74) is 3.12. The van der Waals surface area contributed by atoms with Crippen LogP contribution in [0.25, 0.3) is 0 Å². The number of anilines is 1. The minimum atomic E-state index is -0.123. The van der Waals surface area contributed by atoms with Crippen LogP contribution < -0.4 is 5.32 Å². The van der Waals surface area contributed by atoms with E-state index in [2.05, 4.69) is 20.3 Å². The van der Waals surface area contributed by atoms with Crippen LogP contribution >= 0.6 is 0 Å². The maximum Gasteiger partial charge on any atom is 0.239 e. The number of nitrogens with zero attached hydrogens (tertiary/aromatic N) is 4. The van der Waals surface area contributed by atoms with Gasteiger partial charge in [-0.2, -0.15) is 0 Å². The van der Waals surface area contributed by atoms with Gasteiger partial charge in [-0.15, -0.1) is 0 Å². The molecule has 0 saturated heterocycles. The number of rotatable bonds is 5. The molecular formula is C15H19N5O. The Labute approximate surface area is 124 Å². The van der Waals surface area contributed by atoms with Gasteiger partial charge in [-0.1, -0.05) is 0 Å². The van der Waals surface area contributed by atoms with E-state index in [9.17, 15) is 4.79 Å². The lowest BCUT2D eigenvalue weighted by Gasteiger charge is -2.16. The lowest BCUT2D eigenvalue weighted by molar-refractivity contribution is -0.117. The van der Waals surface area contributed by atoms with Gasteiger partial charge < -0.3 is 5.32 Å². The van der Waals surface area contributed by atoms with Gasteiger partial charge in [-0.25, -0.2) is 4.98 Å². The van der Waals surface area contributed by atoms with Crippen molar-refractivity contribution in [1.29, 1.82) is 0 Å². The number of hydrogen-bond acceptors (Lipinski definition) is 5.